The normalized spacial score (nSPS) is 21.0. The summed E-state index contributed by atoms with van der Waals surface area (Å²) in [5, 5.41) is 10.5. The molecule has 1 aliphatic heterocycles. The maximum Gasteiger partial charge on any atom is 0.229 e. The van der Waals surface area contributed by atoms with Gasteiger partial charge >= 0.3 is 0 Å². The molecule has 0 spiro atoms. The number of aryl methyl sites for hydroxylation is 3. The molecule has 0 radical (unpaired) electrons. The van der Waals surface area contributed by atoms with E-state index < -0.39 is 0 Å². The van der Waals surface area contributed by atoms with Gasteiger partial charge in [-0.1, -0.05) is 0 Å². The fourth-order valence-electron chi connectivity index (χ4n) is 2.98. The highest BCUT2D eigenvalue weighted by atomic mass is 16.2. The van der Waals surface area contributed by atoms with E-state index in [0.29, 0.717) is 6.54 Å². The lowest BCUT2D eigenvalue weighted by Crippen LogP contribution is -2.28. The van der Waals surface area contributed by atoms with Gasteiger partial charge in [0.25, 0.3) is 0 Å². The number of carbonyl (C=O) groups excluding carboxylic acids is 1. The molecule has 2 aromatic rings. The zero-order valence-electron chi connectivity index (χ0n) is 13.1. The maximum absolute atomic E-state index is 12.6. The molecule has 2 atom stereocenters. The Kier molecular flexibility index (Phi) is 3.94. The summed E-state index contributed by atoms with van der Waals surface area (Å²) in [4.78, 5) is 17.0. The first-order valence-electron chi connectivity index (χ1n) is 7.49. The van der Waals surface area contributed by atoms with Crippen molar-refractivity contribution in [2.75, 3.05) is 18.4 Å². The van der Waals surface area contributed by atoms with Gasteiger partial charge in [0.1, 0.15) is 0 Å². The third-order valence-electron chi connectivity index (χ3n) is 4.19. The second-order valence-electron chi connectivity index (χ2n) is 5.89. The Morgan fingerprint density at radius 3 is 2.86 bits per heavy atom. The first kappa shape index (κ1) is 14.7. The van der Waals surface area contributed by atoms with E-state index in [1.54, 1.807) is 4.68 Å². The molecule has 6 heteroatoms. The lowest BCUT2D eigenvalue weighted by atomic mass is 9.90. The molecule has 3 rings (SSSR count). The van der Waals surface area contributed by atoms with Crippen LogP contribution in [0.25, 0.3) is 0 Å². The zero-order valence-corrected chi connectivity index (χ0v) is 13.1. The lowest BCUT2D eigenvalue weighted by molar-refractivity contribution is -0.119. The summed E-state index contributed by atoms with van der Waals surface area (Å²) in [5.41, 5.74) is 3.68. The number of aromatic nitrogens is 3. The predicted octanol–water partition coefficient (Wildman–Crippen LogP) is 1.37. The zero-order chi connectivity index (χ0) is 15.7. The highest BCUT2D eigenvalue weighted by Crippen LogP contribution is 2.29. The van der Waals surface area contributed by atoms with Gasteiger partial charge in [0.05, 0.1) is 23.5 Å². The van der Waals surface area contributed by atoms with Crippen molar-refractivity contribution in [3.8, 4) is 0 Å². The van der Waals surface area contributed by atoms with Crippen LogP contribution in [-0.4, -0.2) is 33.8 Å². The van der Waals surface area contributed by atoms with E-state index in [2.05, 4.69) is 20.7 Å². The Balaban J connectivity index is 1.76. The molecule has 1 aliphatic rings. The van der Waals surface area contributed by atoms with Crippen LogP contribution in [0.2, 0.25) is 0 Å². The van der Waals surface area contributed by atoms with Crippen LogP contribution < -0.4 is 10.6 Å². The second kappa shape index (κ2) is 5.88. The smallest absolute Gasteiger partial charge is 0.229 e. The summed E-state index contributed by atoms with van der Waals surface area (Å²) in [6, 6.07) is 3.82. The fraction of sp³-hybridized carbons (Fsp3) is 0.438. The summed E-state index contributed by atoms with van der Waals surface area (Å²) in [7, 11) is 1.89. The van der Waals surface area contributed by atoms with E-state index >= 15 is 0 Å². The van der Waals surface area contributed by atoms with Gasteiger partial charge in [-0.15, -0.1) is 0 Å². The third-order valence-corrected chi connectivity index (χ3v) is 4.19. The van der Waals surface area contributed by atoms with Crippen molar-refractivity contribution in [2.45, 2.75) is 19.8 Å². The van der Waals surface area contributed by atoms with E-state index in [1.165, 1.54) is 0 Å². The summed E-state index contributed by atoms with van der Waals surface area (Å²) in [5.74, 6) is 0.102. The van der Waals surface area contributed by atoms with Crippen molar-refractivity contribution in [2.24, 2.45) is 13.0 Å². The second-order valence-corrected chi connectivity index (χ2v) is 5.89. The SMILES string of the molecule is Cc1ccc(NC(=O)[C@H]2CNC[C@@H]2c2cnn(C)c2)c(C)n1. The first-order valence-corrected chi connectivity index (χ1v) is 7.49. The molecule has 1 saturated heterocycles. The molecule has 3 heterocycles. The number of carbonyl (C=O) groups is 1. The molecule has 2 N–H and O–H groups in total. The quantitative estimate of drug-likeness (QED) is 0.898. The number of hydrogen-bond donors (Lipinski definition) is 2. The standard InChI is InChI=1S/C16H21N5O/c1-10-4-5-15(11(2)19-10)20-16(22)14-8-17-7-13(14)12-6-18-21(3)9-12/h4-6,9,13-14,17H,7-8H2,1-3H3,(H,20,22)/t13-,14+/m1/s1. The largest absolute Gasteiger partial charge is 0.324 e. The molecular formula is C16H21N5O. The third kappa shape index (κ3) is 2.87. The van der Waals surface area contributed by atoms with Crippen LogP contribution in [-0.2, 0) is 11.8 Å². The van der Waals surface area contributed by atoms with Crippen LogP contribution in [0.5, 0.6) is 0 Å². The van der Waals surface area contributed by atoms with Gasteiger partial charge in [0, 0.05) is 37.9 Å². The number of pyridine rings is 1. The molecule has 22 heavy (non-hydrogen) atoms. The molecule has 0 saturated carbocycles. The van der Waals surface area contributed by atoms with Gasteiger partial charge in [-0.2, -0.15) is 5.10 Å². The monoisotopic (exact) mass is 299 g/mol. The van der Waals surface area contributed by atoms with E-state index in [9.17, 15) is 4.79 Å². The summed E-state index contributed by atoms with van der Waals surface area (Å²) >= 11 is 0. The number of nitrogens with zero attached hydrogens (tertiary/aromatic N) is 3. The number of rotatable bonds is 3. The minimum Gasteiger partial charge on any atom is -0.324 e. The highest BCUT2D eigenvalue weighted by molar-refractivity contribution is 5.94. The molecule has 0 aliphatic carbocycles. The molecule has 1 amide bonds. The van der Waals surface area contributed by atoms with Gasteiger partial charge in [0.2, 0.25) is 5.91 Å². The number of anilines is 1. The average molecular weight is 299 g/mol. The van der Waals surface area contributed by atoms with Crippen LogP contribution in [0.1, 0.15) is 22.9 Å². The molecular weight excluding hydrogens is 278 g/mol. The van der Waals surface area contributed by atoms with Gasteiger partial charge in [0.15, 0.2) is 0 Å². The minimum atomic E-state index is -0.0927. The molecule has 1 fully saturated rings. The van der Waals surface area contributed by atoms with Crippen molar-refractivity contribution in [3.05, 3.63) is 41.5 Å². The first-order chi connectivity index (χ1) is 10.5. The Hall–Kier alpha value is -2.21. The van der Waals surface area contributed by atoms with Gasteiger partial charge in [-0.05, 0) is 31.5 Å². The van der Waals surface area contributed by atoms with Crippen LogP contribution in [0.3, 0.4) is 0 Å². The minimum absolute atomic E-state index is 0.0348. The Morgan fingerprint density at radius 2 is 2.18 bits per heavy atom. The molecule has 6 nitrogen and oxygen atoms in total. The van der Waals surface area contributed by atoms with Gasteiger partial charge in [-0.25, -0.2) is 0 Å². The summed E-state index contributed by atoms with van der Waals surface area (Å²) < 4.78 is 1.77. The Morgan fingerprint density at radius 1 is 1.36 bits per heavy atom. The number of amides is 1. The Labute approximate surface area is 129 Å². The van der Waals surface area contributed by atoms with Gasteiger partial charge < -0.3 is 10.6 Å². The maximum atomic E-state index is 12.6. The van der Waals surface area contributed by atoms with Crippen LogP contribution in [0, 0.1) is 19.8 Å². The molecule has 2 aromatic heterocycles. The molecule has 0 bridgehead atoms. The lowest BCUT2D eigenvalue weighted by Gasteiger charge is -2.17. The van der Waals surface area contributed by atoms with E-state index in [0.717, 1.165) is 29.2 Å². The fourth-order valence-corrected chi connectivity index (χ4v) is 2.98. The average Bonchev–Trinajstić information content (AvgIpc) is 3.10. The van der Waals surface area contributed by atoms with Crippen LogP contribution in [0.4, 0.5) is 5.69 Å². The van der Waals surface area contributed by atoms with E-state index in [1.807, 2.05) is 45.4 Å². The summed E-state index contributed by atoms with van der Waals surface area (Å²) in [6.07, 6.45) is 3.83. The van der Waals surface area contributed by atoms with Crippen molar-refractivity contribution >= 4 is 11.6 Å². The van der Waals surface area contributed by atoms with Crippen molar-refractivity contribution in [3.63, 3.8) is 0 Å². The topological polar surface area (TPSA) is 71.8 Å². The summed E-state index contributed by atoms with van der Waals surface area (Å²) in [6.45, 7) is 5.34. The predicted molar refractivity (Wildman–Crippen MR) is 84.6 cm³/mol. The van der Waals surface area contributed by atoms with Crippen LogP contribution >= 0.6 is 0 Å². The van der Waals surface area contributed by atoms with Crippen molar-refractivity contribution in [1.29, 1.82) is 0 Å². The van der Waals surface area contributed by atoms with E-state index in [-0.39, 0.29) is 17.7 Å². The van der Waals surface area contributed by atoms with Crippen molar-refractivity contribution < 1.29 is 4.79 Å². The molecule has 116 valence electrons. The van der Waals surface area contributed by atoms with E-state index in [4.69, 9.17) is 0 Å². The Bertz CT molecular complexity index is 694. The molecule has 0 aromatic carbocycles. The van der Waals surface area contributed by atoms with Crippen molar-refractivity contribution in [1.82, 2.24) is 20.1 Å². The van der Waals surface area contributed by atoms with Crippen LogP contribution in [0.15, 0.2) is 24.5 Å². The highest BCUT2D eigenvalue weighted by Gasteiger charge is 2.34. The number of nitrogens with one attached hydrogen (secondary N) is 2. The number of hydrogen-bond acceptors (Lipinski definition) is 4. The molecule has 0 unspecified atom stereocenters. The van der Waals surface area contributed by atoms with Gasteiger partial charge in [-0.3, -0.25) is 14.5 Å².